The first-order chi connectivity index (χ1) is 12.5. The minimum Gasteiger partial charge on any atom is -0.485 e. The molecule has 0 bridgehead atoms. The van der Waals surface area contributed by atoms with Gasteiger partial charge in [0.25, 0.3) is 0 Å². The number of carbonyl (C=O) groups excluding carboxylic acids is 1. The van der Waals surface area contributed by atoms with E-state index in [0.717, 1.165) is 49.1 Å². The zero-order chi connectivity index (χ0) is 18.1. The molecule has 1 unspecified atom stereocenters. The van der Waals surface area contributed by atoms with Gasteiger partial charge in [0.2, 0.25) is 0 Å². The van der Waals surface area contributed by atoms with Crippen LogP contribution in [0.2, 0.25) is 0 Å². The number of halogens is 2. The van der Waals surface area contributed by atoms with Gasteiger partial charge in [-0.05, 0) is 54.9 Å². The predicted molar refractivity (Wildman–Crippen MR) is 102 cm³/mol. The average Bonchev–Trinajstić information content (AvgIpc) is 3.17. The quantitative estimate of drug-likeness (QED) is 0.664. The van der Waals surface area contributed by atoms with Crippen molar-refractivity contribution < 1.29 is 13.9 Å². The fourth-order valence-electron chi connectivity index (χ4n) is 3.98. The Bertz CT molecular complexity index is 823. The number of ketones is 1. The molecule has 2 aliphatic rings. The van der Waals surface area contributed by atoms with Crippen LogP contribution in [0, 0.1) is 5.82 Å². The number of ether oxygens (including phenoxy) is 1. The van der Waals surface area contributed by atoms with Crippen molar-refractivity contribution in [2.45, 2.75) is 31.3 Å². The molecule has 4 rings (SSSR count). The Kier molecular flexibility index (Phi) is 4.84. The molecule has 2 aromatic carbocycles. The van der Waals surface area contributed by atoms with E-state index in [-0.39, 0.29) is 17.2 Å². The molecule has 136 valence electrons. The van der Waals surface area contributed by atoms with Gasteiger partial charge in [-0.3, -0.25) is 9.69 Å². The fraction of sp³-hybridized carbons (Fsp3) is 0.381. The second-order valence-electron chi connectivity index (χ2n) is 7.27. The second kappa shape index (κ2) is 7.12. The van der Waals surface area contributed by atoms with Crippen molar-refractivity contribution in [3.63, 3.8) is 0 Å². The van der Waals surface area contributed by atoms with Crippen molar-refractivity contribution in [3.05, 3.63) is 63.9 Å². The van der Waals surface area contributed by atoms with E-state index in [1.165, 1.54) is 17.7 Å². The molecule has 2 heterocycles. The highest BCUT2D eigenvalue weighted by atomic mass is 79.9. The smallest absolute Gasteiger partial charge is 0.162 e. The number of hydrogen-bond donors (Lipinski definition) is 0. The van der Waals surface area contributed by atoms with Crippen LogP contribution in [0.15, 0.2) is 46.9 Å². The summed E-state index contributed by atoms with van der Waals surface area (Å²) in [6, 6.07) is 12.0. The molecule has 5 heteroatoms. The topological polar surface area (TPSA) is 29.5 Å². The average molecular weight is 418 g/mol. The Hall–Kier alpha value is -1.72. The first kappa shape index (κ1) is 17.7. The van der Waals surface area contributed by atoms with Crippen LogP contribution in [0.5, 0.6) is 5.75 Å². The number of fused-ring (bicyclic) bond motifs is 1. The number of hydrogen-bond acceptors (Lipinski definition) is 3. The van der Waals surface area contributed by atoms with E-state index in [1.807, 2.05) is 6.07 Å². The summed E-state index contributed by atoms with van der Waals surface area (Å²) >= 11 is 3.50. The number of nitrogens with zero attached hydrogens (tertiary/aromatic N) is 1. The SMILES string of the molecule is O=C(CCCN1CCC2(Cc3ccc(Br)cc3O2)C1)c1ccc(F)cc1. The maximum Gasteiger partial charge on any atom is 0.162 e. The molecule has 1 atom stereocenters. The lowest BCUT2D eigenvalue weighted by atomic mass is 9.96. The number of rotatable bonds is 5. The summed E-state index contributed by atoms with van der Waals surface area (Å²) in [6.45, 7) is 2.79. The van der Waals surface area contributed by atoms with E-state index >= 15 is 0 Å². The number of Topliss-reactive ketones (excluding diaryl/α,β-unsaturated/α-hetero) is 1. The van der Waals surface area contributed by atoms with Crippen LogP contribution in [0.25, 0.3) is 0 Å². The molecule has 2 aromatic rings. The van der Waals surface area contributed by atoms with Crippen LogP contribution >= 0.6 is 15.9 Å². The molecular formula is C21H21BrFNO2. The Balaban J connectivity index is 1.28. The van der Waals surface area contributed by atoms with E-state index in [9.17, 15) is 9.18 Å². The van der Waals surface area contributed by atoms with Gasteiger partial charge in [-0.15, -0.1) is 0 Å². The molecule has 26 heavy (non-hydrogen) atoms. The Labute approximate surface area is 161 Å². The molecule has 0 aliphatic carbocycles. The Morgan fingerprint density at radius 2 is 2.04 bits per heavy atom. The first-order valence-electron chi connectivity index (χ1n) is 9.02. The highest BCUT2D eigenvalue weighted by Gasteiger charge is 2.44. The molecule has 0 amide bonds. The van der Waals surface area contributed by atoms with Gasteiger partial charge in [0.1, 0.15) is 17.2 Å². The van der Waals surface area contributed by atoms with Gasteiger partial charge < -0.3 is 4.74 Å². The van der Waals surface area contributed by atoms with Crippen molar-refractivity contribution in [2.24, 2.45) is 0 Å². The monoisotopic (exact) mass is 417 g/mol. The largest absolute Gasteiger partial charge is 0.485 e. The molecule has 0 aromatic heterocycles. The van der Waals surface area contributed by atoms with Crippen molar-refractivity contribution >= 4 is 21.7 Å². The second-order valence-corrected chi connectivity index (χ2v) is 8.19. The maximum atomic E-state index is 12.9. The van der Waals surface area contributed by atoms with Crippen molar-refractivity contribution in [1.82, 2.24) is 4.90 Å². The van der Waals surface area contributed by atoms with E-state index in [4.69, 9.17) is 4.74 Å². The summed E-state index contributed by atoms with van der Waals surface area (Å²) in [5.74, 6) is 0.759. The molecule has 1 spiro atoms. The fourth-order valence-corrected chi connectivity index (χ4v) is 4.32. The first-order valence-corrected chi connectivity index (χ1v) is 9.81. The molecule has 0 radical (unpaired) electrons. The number of likely N-dealkylation sites (tertiary alicyclic amines) is 1. The third kappa shape index (κ3) is 3.69. The van der Waals surface area contributed by atoms with Gasteiger partial charge in [-0.1, -0.05) is 22.0 Å². The number of benzene rings is 2. The van der Waals surface area contributed by atoms with Crippen LogP contribution in [0.1, 0.15) is 35.2 Å². The Morgan fingerprint density at radius 3 is 2.85 bits per heavy atom. The molecule has 3 nitrogen and oxygen atoms in total. The molecule has 1 fully saturated rings. The van der Waals surface area contributed by atoms with Crippen LogP contribution in [-0.4, -0.2) is 35.9 Å². The van der Waals surface area contributed by atoms with Gasteiger partial charge in [0.15, 0.2) is 5.78 Å². The minimum atomic E-state index is -0.312. The summed E-state index contributed by atoms with van der Waals surface area (Å²) in [5.41, 5.74) is 1.76. The number of carbonyl (C=O) groups is 1. The van der Waals surface area contributed by atoms with Gasteiger partial charge >= 0.3 is 0 Å². The van der Waals surface area contributed by atoms with E-state index in [1.54, 1.807) is 12.1 Å². The normalized spacial score (nSPS) is 21.8. The summed E-state index contributed by atoms with van der Waals surface area (Å²) in [4.78, 5) is 14.6. The van der Waals surface area contributed by atoms with Crippen LogP contribution in [0.4, 0.5) is 4.39 Å². The minimum absolute atomic E-state index is 0.0771. The van der Waals surface area contributed by atoms with E-state index in [0.29, 0.717) is 12.0 Å². The highest BCUT2D eigenvalue weighted by molar-refractivity contribution is 9.10. The van der Waals surface area contributed by atoms with Crippen molar-refractivity contribution in [1.29, 1.82) is 0 Å². The third-order valence-corrected chi connectivity index (χ3v) is 5.80. The lowest BCUT2D eigenvalue weighted by Gasteiger charge is -2.24. The summed E-state index contributed by atoms with van der Waals surface area (Å²) < 4.78 is 20.3. The van der Waals surface area contributed by atoms with Crippen molar-refractivity contribution in [3.8, 4) is 5.75 Å². The highest BCUT2D eigenvalue weighted by Crippen LogP contribution is 2.41. The zero-order valence-corrected chi connectivity index (χ0v) is 16.1. The molecule has 0 saturated carbocycles. The van der Waals surface area contributed by atoms with Crippen LogP contribution in [-0.2, 0) is 6.42 Å². The van der Waals surface area contributed by atoms with Crippen LogP contribution < -0.4 is 4.74 Å². The van der Waals surface area contributed by atoms with E-state index in [2.05, 4.69) is 33.0 Å². The zero-order valence-electron chi connectivity index (χ0n) is 14.5. The van der Waals surface area contributed by atoms with Crippen molar-refractivity contribution in [2.75, 3.05) is 19.6 Å². The van der Waals surface area contributed by atoms with Gasteiger partial charge in [0, 0.05) is 42.4 Å². The van der Waals surface area contributed by atoms with E-state index < -0.39 is 0 Å². The lowest BCUT2D eigenvalue weighted by Crippen LogP contribution is -2.38. The van der Waals surface area contributed by atoms with Gasteiger partial charge in [0.05, 0.1) is 0 Å². The molecule has 0 N–H and O–H groups in total. The van der Waals surface area contributed by atoms with Gasteiger partial charge in [-0.25, -0.2) is 4.39 Å². The molecule has 1 saturated heterocycles. The predicted octanol–water partition coefficient (Wildman–Crippen LogP) is 4.63. The maximum absolute atomic E-state index is 12.9. The standard InChI is InChI=1S/C21H21BrFNO2/c22-17-6-3-16-13-21(26-20(16)12-17)9-11-24(14-21)10-1-2-19(25)15-4-7-18(23)8-5-15/h3-8,12H,1-2,9-11,13-14H2. The molecule has 2 aliphatic heterocycles. The van der Waals surface area contributed by atoms with Gasteiger partial charge in [-0.2, -0.15) is 0 Å². The third-order valence-electron chi connectivity index (χ3n) is 5.31. The molecular weight excluding hydrogens is 397 g/mol. The summed E-state index contributed by atoms with van der Waals surface area (Å²) in [7, 11) is 0. The lowest BCUT2D eigenvalue weighted by molar-refractivity contribution is 0.0959. The summed E-state index contributed by atoms with van der Waals surface area (Å²) in [6.07, 6.45) is 3.28. The summed E-state index contributed by atoms with van der Waals surface area (Å²) in [5, 5.41) is 0. The Morgan fingerprint density at radius 1 is 1.23 bits per heavy atom. The van der Waals surface area contributed by atoms with Crippen LogP contribution in [0.3, 0.4) is 0 Å².